The minimum atomic E-state index is -0.765. The van der Waals surface area contributed by atoms with E-state index in [2.05, 4.69) is 51.8 Å². The number of nitrogens with one attached hydrogen (secondary N) is 3. The van der Waals surface area contributed by atoms with Gasteiger partial charge in [-0.05, 0) is 61.8 Å². The van der Waals surface area contributed by atoms with Crippen molar-refractivity contribution in [2.24, 2.45) is 11.5 Å². The first-order chi connectivity index (χ1) is 14.9. The molecule has 7 N–H and O–H groups in total. The summed E-state index contributed by atoms with van der Waals surface area (Å²) in [5, 5.41) is 6.75. The summed E-state index contributed by atoms with van der Waals surface area (Å²) in [7, 11) is 2.17. The predicted octanol–water partition coefficient (Wildman–Crippen LogP) is 2.61. The molecule has 4 rings (SSSR count). The monoisotopic (exact) mass is 420 g/mol. The largest absolute Gasteiger partial charge is 0.365 e. The van der Waals surface area contributed by atoms with E-state index in [9.17, 15) is 9.59 Å². The Hall–Kier alpha value is -3.36. The first-order valence-corrected chi connectivity index (χ1v) is 10.4. The highest BCUT2D eigenvalue weighted by Crippen LogP contribution is 2.30. The number of primary amides is 2. The molecular weight excluding hydrogens is 392 g/mol. The van der Waals surface area contributed by atoms with Gasteiger partial charge in [0.05, 0.1) is 5.56 Å². The zero-order valence-corrected chi connectivity index (χ0v) is 17.6. The van der Waals surface area contributed by atoms with Crippen molar-refractivity contribution < 1.29 is 9.59 Å². The molecule has 0 unspecified atom stereocenters. The number of anilines is 1. The molecule has 8 heteroatoms. The van der Waals surface area contributed by atoms with Crippen LogP contribution < -0.4 is 22.1 Å². The molecule has 31 heavy (non-hydrogen) atoms. The number of likely N-dealkylation sites (tertiary alicyclic amines) is 1. The third-order valence-electron chi connectivity index (χ3n) is 5.87. The Bertz CT molecular complexity index is 1110. The maximum atomic E-state index is 11.9. The summed E-state index contributed by atoms with van der Waals surface area (Å²) < 4.78 is 0. The van der Waals surface area contributed by atoms with Crippen molar-refractivity contribution in [2.45, 2.75) is 25.4 Å². The number of carbonyl (C=O) groups is 2. The van der Waals surface area contributed by atoms with Crippen molar-refractivity contribution in [3.8, 4) is 11.1 Å². The summed E-state index contributed by atoms with van der Waals surface area (Å²) in [6, 6.07) is 13.9. The molecule has 0 atom stereocenters. The molecular formula is C23H28N6O2. The van der Waals surface area contributed by atoms with E-state index in [0.29, 0.717) is 16.9 Å². The fourth-order valence-corrected chi connectivity index (χ4v) is 4.19. The molecule has 1 aliphatic rings. The number of rotatable bonds is 6. The summed E-state index contributed by atoms with van der Waals surface area (Å²) in [5.74, 6) is -0.423. The Morgan fingerprint density at radius 2 is 1.84 bits per heavy atom. The lowest BCUT2D eigenvalue weighted by Crippen LogP contribution is -2.40. The molecule has 2 aromatic carbocycles. The highest BCUT2D eigenvalue weighted by molar-refractivity contribution is 6.13. The number of benzene rings is 2. The number of aromatic nitrogens is 1. The van der Waals surface area contributed by atoms with Crippen LogP contribution in [0.4, 0.5) is 10.6 Å². The van der Waals surface area contributed by atoms with Gasteiger partial charge < -0.3 is 26.7 Å². The Morgan fingerprint density at radius 1 is 1.10 bits per heavy atom. The molecule has 2 heterocycles. The Kier molecular flexibility index (Phi) is 5.92. The summed E-state index contributed by atoms with van der Waals surface area (Å²) in [6.45, 7) is 3.09. The van der Waals surface area contributed by atoms with Crippen molar-refractivity contribution in [1.82, 2.24) is 15.2 Å². The number of piperidine rings is 1. The van der Waals surface area contributed by atoms with Gasteiger partial charge in [0.25, 0.3) is 5.91 Å². The van der Waals surface area contributed by atoms with E-state index in [-0.39, 0.29) is 11.4 Å². The lowest BCUT2D eigenvalue weighted by atomic mass is 10.0. The third-order valence-corrected chi connectivity index (χ3v) is 5.87. The zero-order valence-electron chi connectivity index (χ0n) is 17.6. The lowest BCUT2D eigenvalue weighted by Gasteiger charge is -2.29. The van der Waals surface area contributed by atoms with Gasteiger partial charge in [-0.3, -0.25) is 10.1 Å². The Labute approximate surface area is 181 Å². The minimum absolute atomic E-state index is 0.211. The predicted molar refractivity (Wildman–Crippen MR) is 123 cm³/mol. The maximum Gasteiger partial charge on any atom is 0.317 e. The molecule has 162 valence electrons. The van der Waals surface area contributed by atoms with E-state index in [1.54, 1.807) is 0 Å². The van der Waals surface area contributed by atoms with Crippen molar-refractivity contribution in [1.29, 1.82) is 0 Å². The Balaban J connectivity index is 1.56. The number of hydrogen-bond acceptors (Lipinski definition) is 4. The molecule has 0 radical (unpaired) electrons. The second-order valence-electron chi connectivity index (χ2n) is 8.15. The molecule has 1 aromatic heterocycles. The molecule has 0 saturated carbocycles. The van der Waals surface area contributed by atoms with Crippen LogP contribution in [0, 0.1) is 0 Å². The van der Waals surface area contributed by atoms with Crippen LogP contribution in [0.2, 0.25) is 0 Å². The molecule has 1 aliphatic heterocycles. The maximum absolute atomic E-state index is 11.9. The zero-order chi connectivity index (χ0) is 22.0. The quantitative estimate of drug-likeness (QED) is 0.420. The molecule has 1 fully saturated rings. The van der Waals surface area contributed by atoms with E-state index in [1.165, 1.54) is 18.4 Å². The molecule has 0 aliphatic carbocycles. The van der Waals surface area contributed by atoms with Gasteiger partial charge in [-0.2, -0.15) is 0 Å². The van der Waals surface area contributed by atoms with Gasteiger partial charge in [-0.25, -0.2) is 4.79 Å². The minimum Gasteiger partial charge on any atom is -0.365 e. The van der Waals surface area contributed by atoms with Gasteiger partial charge in [0.1, 0.15) is 5.82 Å². The van der Waals surface area contributed by atoms with Crippen molar-refractivity contribution in [2.75, 3.05) is 25.5 Å². The average molecular weight is 421 g/mol. The number of aromatic amines is 1. The second-order valence-corrected chi connectivity index (χ2v) is 8.15. The fraction of sp³-hybridized carbons (Fsp3) is 0.304. The third kappa shape index (κ3) is 4.70. The molecule has 3 amide bonds. The SMILES string of the molecule is CN1CCC(NCc2cccc(-c3ccc4c(C(N)=O)c(NC(N)=O)[nH]c4c3)c2)CC1. The number of nitrogens with zero attached hydrogens (tertiary/aromatic N) is 1. The van der Waals surface area contributed by atoms with Gasteiger partial charge in [0.2, 0.25) is 0 Å². The van der Waals surface area contributed by atoms with E-state index in [1.807, 2.05) is 18.2 Å². The molecule has 3 aromatic rings. The second kappa shape index (κ2) is 8.79. The lowest BCUT2D eigenvalue weighted by molar-refractivity contribution is 0.100. The van der Waals surface area contributed by atoms with E-state index in [4.69, 9.17) is 11.5 Å². The first kappa shape index (κ1) is 20.9. The van der Waals surface area contributed by atoms with E-state index >= 15 is 0 Å². The molecule has 1 saturated heterocycles. The smallest absolute Gasteiger partial charge is 0.317 e. The van der Waals surface area contributed by atoms with E-state index < -0.39 is 11.9 Å². The summed E-state index contributed by atoms with van der Waals surface area (Å²) in [6.07, 6.45) is 2.34. The molecule has 8 nitrogen and oxygen atoms in total. The number of nitrogens with two attached hydrogens (primary N) is 2. The van der Waals surface area contributed by atoms with Crippen LogP contribution in [0.1, 0.15) is 28.8 Å². The summed E-state index contributed by atoms with van der Waals surface area (Å²) in [5.41, 5.74) is 14.9. The molecule has 0 spiro atoms. The number of fused-ring (bicyclic) bond motifs is 1. The van der Waals surface area contributed by atoms with Crippen LogP contribution in [0.15, 0.2) is 42.5 Å². The molecule has 0 bridgehead atoms. The van der Waals surface area contributed by atoms with Gasteiger partial charge in [0.15, 0.2) is 0 Å². The van der Waals surface area contributed by atoms with Gasteiger partial charge in [0, 0.05) is 23.5 Å². The van der Waals surface area contributed by atoms with Gasteiger partial charge in [-0.15, -0.1) is 0 Å². The highest BCUT2D eigenvalue weighted by atomic mass is 16.2. The standard InChI is InChI=1S/C23H28N6O2/c1-29-9-7-17(8-10-29)26-13-14-3-2-4-15(11-14)16-5-6-18-19(12-16)27-22(28-23(25)31)20(18)21(24)30/h2-6,11-12,17,26-27H,7-10,13H2,1H3,(H2,24,30)(H3,25,28,31). The normalized spacial score (nSPS) is 15.3. The van der Waals surface area contributed by atoms with Crippen LogP contribution in [0.3, 0.4) is 0 Å². The van der Waals surface area contributed by atoms with Crippen LogP contribution in [0.25, 0.3) is 22.0 Å². The van der Waals surface area contributed by atoms with Crippen LogP contribution in [0.5, 0.6) is 0 Å². The highest BCUT2D eigenvalue weighted by Gasteiger charge is 2.18. The first-order valence-electron chi connectivity index (χ1n) is 10.4. The number of carbonyl (C=O) groups excluding carboxylic acids is 2. The summed E-state index contributed by atoms with van der Waals surface area (Å²) >= 11 is 0. The van der Waals surface area contributed by atoms with Crippen molar-refractivity contribution in [3.05, 3.63) is 53.6 Å². The topological polar surface area (TPSA) is 129 Å². The fourth-order valence-electron chi connectivity index (χ4n) is 4.19. The Morgan fingerprint density at radius 3 is 2.55 bits per heavy atom. The van der Waals surface area contributed by atoms with Crippen LogP contribution in [-0.4, -0.2) is 48.0 Å². The van der Waals surface area contributed by atoms with Crippen LogP contribution >= 0.6 is 0 Å². The van der Waals surface area contributed by atoms with E-state index in [0.717, 1.165) is 30.8 Å². The average Bonchev–Trinajstić information content (AvgIpc) is 3.10. The van der Waals surface area contributed by atoms with Crippen molar-refractivity contribution in [3.63, 3.8) is 0 Å². The van der Waals surface area contributed by atoms with Gasteiger partial charge >= 0.3 is 6.03 Å². The number of H-pyrrole nitrogens is 1. The van der Waals surface area contributed by atoms with Crippen LogP contribution in [-0.2, 0) is 6.54 Å². The van der Waals surface area contributed by atoms with Gasteiger partial charge in [-0.1, -0.05) is 30.3 Å². The number of urea groups is 1. The van der Waals surface area contributed by atoms with Crippen molar-refractivity contribution >= 4 is 28.7 Å². The summed E-state index contributed by atoms with van der Waals surface area (Å²) in [4.78, 5) is 28.6. The number of amides is 3. The number of hydrogen-bond donors (Lipinski definition) is 5.